The molecule has 1 saturated heterocycles. The largest absolute Gasteiger partial charge is 0.392 e. The molecule has 0 bridgehead atoms. The monoisotopic (exact) mass is 288 g/mol. The van der Waals surface area contributed by atoms with Crippen molar-refractivity contribution in [2.45, 2.75) is 52.9 Å². The summed E-state index contributed by atoms with van der Waals surface area (Å²) in [6.07, 6.45) is 0.995. The summed E-state index contributed by atoms with van der Waals surface area (Å²) in [5.41, 5.74) is -1.24. The van der Waals surface area contributed by atoms with Crippen LogP contribution in [0.3, 0.4) is 0 Å². The Balaban J connectivity index is 3.28. The molecule has 0 aromatic rings. The normalized spacial score (nSPS) is 23.2. The molecule has 0 aliphatic carbocycles. The summed E-state index contributed by atoms with van der Waals surface area (Å²) in [7, 11) is 0. The van der Waals surface area contributed by atoms with Crippen LogP contribution in [0.2, 0.25) is 0 Å². The fourth-order valence-corrected chi connectivity index (χ4v) is 2.67. The number of hydrogen-bond acceptors (Lipinski definition) is 6. The lowest BCUT2D eigenvalue weighted by atomic mass is 9.78. The molecular formula is C14H24O6. The highest BCUT2D eigenvalue weighted by Gasteiger charge is 2.65. The first-order valence-electron chi connectivity index (χ1n) is 7.18. The van der Waals surface area contributed by atoms with Gasteiger partial charge in [0.25, 0.3) is 0 Å². The Kier molecular flexibility index (Phi) is 6.10. The number of ether oxygens (including phenoxy) is 4. The summed E-state index contributed by atoms with van der Waals surface area (Å²) >= 11 is 0. The number of esters is 2. The van der Waals surface area contributed by atoms with Gasteiger partial charge in [-0.05, 0) is 27.2 Å². The average Bonchev–Trinajstić information content (AvgIpc) is 2.66. The van der Waals surface area contributed by atoms with E-state index in [1.165, 1.54) is 0 Å². The minimum absolute atomic E-state index is 0.0837. The maximum atomic E-state index is 12.3. The highest BCUT2D eigenvalue weighted by Crippen LogP contribution is 2.48. The standard InChI is InChI=1S/C14H24O6/c1-5-9-13(10-11(15)20-12(13)16)14(17-6-2,18-7-3)19-8-4/h5-10H2,1-4H3. The molecule has 1 fully saturated rings. The van der Waals surface area contributed by atoms with Gasteiger partial charge in [0, 0.05) is 19.8 Å². The molecule has 0 amide bonds. The molecule has 0 saturated carbocycles. The van der Waals surface area contributed by atoms with E-state index in [4.69, 9.17) is 18.9 Å². The highest BCUT2D eigenvalue weighted by atomic mass is 16.9. The molecule has 0 N–H and O–H groups in total. The van der Waals surface area contributed by atoms with Gasteiger partial charge in [-0.2, -0.15) is 0 Å². The van der Waals surface area contributed by atoms with Gasteiger partial charge in [0.1, 0.15) is 0 Å². The van der Waals surface area contributed by atoms with E-state index < -0.39 is 23.3 Å². The van der Waals surface area contributed by atoms with Crippen LogP contribution < -0.4 is 0 Å². The van der Waals surface area contributed by atoms with Gasteiger partial charge < -0.3 is 18.9 Å². The molecule has 6 nitrogen and oxygen atoms in total. The van der Waals surface area contributed by atoms with Crippen molar-refractivity contribution in [3.8, 4) is 0 Å². The summed E-state index contributed by atoms with van der Waals surface area (Å²) in [4.78, 5) is 23.9. The van der Waals surface area contributed by atoms with Crippen molar-refractivity contribution in [1.82, 2.24) is 0 Å². The second kappa shape index (κ2) is 7.15. The third kappa shape index (κ3) is 2.87. The Hall–Kier alpha value is -0.980. The zero-order valence-corrected chi connectivity index (χ0v) is 12.7. The van der Waals surface area contributed by atoms with Crippen molar-refractivity contribution in [2.75, 3.05) is 19.8 Å². The number of carbonyl (C=O) groups is 2. The lowest BCUT2D eigenvalue weighted by molar-refractivity contribution is -0.419. The first-order chi connectivity index (χ1) is 9.51. The Bertz CT molecular complexity index is 337. The Morgan fingerprint density at radius 3 is 1.85 bits per heavy atom. The zero-order valence-electron chi connectivity index (χ0n) is 12.7. The van der Waals surface area contributed by atoms with E-state index in [0.29, 0.717) is 32.7 Å². The van der Waals surface area contributed by atoms with E-state index in [1.807, 2.05) is 6.92 Å². The molecule has 0 radical (unpaired) electrons. The molecule has 1 aliphatic heterocycles. The fourth-order valence-electron chi connectivity index (χ4n) is 2.67. The third-order valence-corrected chi connectivity index (χ3v) is 3.31. The minimum Gasteiger partial charge on any atom is -0.392 e. The summed E-state index contributed by atoms with van der Waals surface area (Å²) in [6, 6.07) is 0. The van der Waals surface area contributed by atoms with Crippen LogP contribution in [0.15, 0.2) is 0 Å². The van der Waals surface area contributed by atoms with Gasteiger partial charge in [0.15, 0.2) is 5.41 Å². The molecule has 20 heavy (non-hydrogen) atoms. The molecule has 6 heteroatoms. The van der Waals surface area contributed by atoms with E-state index in [-0.39, 0.29) is 6.42 Å². The SMILES string of the molecule is CCCC1(C(OCC)(OCC)OCC)CC(=O)OC1=O. The predicted octanol–water partition coefficient (Wildman–Crippen LogP) is 2.01. The van der Waals surface area contributed by atoms with Gasteiger partial charge in [0.05, 0.1) is 6.42 Å². The number of cyclic esters (lactones) is 2. The van der Waals surface area contributed by atoms with Crippen LogP contribution in [-0.2, 0) is 28.5 Å². The smallest absolute Gasteiger partial charge is 0.328 e. The number of hydrogen-bond donors (Lipinski definition) is 0. The summed E-state index contributed by atoms with van der Waals surface area (Å²) < 4.78 is 21.8. The van der Waals surface area contributed by atoms with Crippen molar-refractivity contribution >= 4 is 11.9 Å². The van der Waals surface area contributed by atoms with Gasteiger partial charge >= 0.3 is 17.9 Å². The molecule has 0 aromatic carbocycles. The molecule has 0 aromatic heterocycles. The van der Waals surface area contributed by atoms with E-state index in [2.05, 4.69) is 0 Å². The Labute approximate surface area is 119 Å². The molecular weight excluding hydrogens is 264 g/mol. The Morgan fingerprint density at radius 2 is 1.55 bits per heavy atom. The van der Waals surface area contributed by atoms with E-state index in [1.54, 1.807) is 20.8 Å². The van der Waals surface area contributed by atoms with Gasteiger partial charge in [-0.25, -0.2) is 0 Å². The first kappa shape index (κ1) is 17.1. The molecule has 1 heterocycles. The predicted molar refractivity (Wildman–Crippen MR) is 70.7 cm³/mol. The maximum absolute atomic E-state index is 12.3. The van der Waals surface area contributed by atoms with Crippen LogP contribution in [0, 0.1) is 5.41 Å². The van der Waals surface area contributed by atoms with Crippen LogP contribution in [0.4, 0.5) is 0 Å². The van der Waals surface area contributed by atoms with Crippen LogP contribution in [-0.4, -0.2) is 37.7 Å². The van der Waals surface area contributed by atoms with Crippen molar-refractivity contribution < 1.29 is 28.5 Å². The number of carbonyl (C=O) groups excluding carboxylic acids is 2. The highest BCUT2D eigenvalue weighted by molar-refractivity contribution is 5.98. The van der Waals surface area contributed by atoms with E-state index in [9.17, 15) is 9.59 Å². The van der Waals surface area contributed by atoms with Gasteiger partial charge in [-0.1, -0.05) is 13.3 Å². The van der Waals surface area contributed by atoms with Crippen LogP contribution in [0.25, 0.3) is 0 Å². The van der Waals surface area contributed by atoms with Crippen molar-refractivity contribution in [1.29, 1.82) is 0 Å². The second-order valence-corrected chi connectivity index (χ2v) is 4.63. The van der Waals surface area contributed by atoms with Gasteiger partial charge in [0.2, 0.25) is 0 Å². The van der Waals surface area contributed by atoms with Crippen LogP contribution >= 0.6 is 0 Å². The van der Waals surface area contributed by atoms with Gasteiger partial charge in [-0.15, -0.1) is 0 Å². The Morgan fingerprint density at radius 1 is 1.05 bits per heavy atom. The molecule has 1 aliphatic rings. The minimum atomic E-state index is -1.56. The summed E-state index contributed by atoms with van der Waals surface area (Å²) in [5.74, 6) is -2.75. The van der Waals surface area contributed by atoms with Gasteiger partial charge in [-0.3, -0.25) is 9.59 Å². The topological polar surface area (TPSA) is 71.1 Å². The van der Waals surface area contributed by atoms with E-state index >= 15 is 0 Å². The average molecular weight is 288 g/mol. The second-order valence-electron chi connectivity index (χ2n) is 4.63. The number of rotatable bonds is 9. The van der Waals surface area contributed by atoms with Crippen LogP contribution in [0.5, 0.6) is 0 Å². The van der Waals surface area contributed by atoms with Crippen LogP contribution in [0.1, 0.15) is 47.0 Å². The third-order valence-electron chi connectivity index (χ3n) is 3.31. The lowest BCUT2D eigenvalue weighted by Gasteiger charge is -2.43. The first-order valence-corrected chi connectivity index (χ1v) is 7.18. The molecule has 1 atom stereocenters. The maximum Gasteiger partial charge on any atom is 0.328 e. The van der Waals surface area contributed by atoms with Crippen molar-refractivity contribution in [3.63, 3.8) is 0 Å². The molecule has 1 rings (SSSR count). The quantitative estimate of drug-likeness (QED) is 0.367. The summed E-state index contributed by atoms with van der Waals surface area (Å²) in [5, 5.41) is 0. The van der Waals surface area contributed by atoms with E-state index in [0.717, 1.165) is 0 Å². The fraction of sp³-hybridized carbons (Fsp3) is 0.857. The molecule has 116 valence electrons. The zero-order chi connectivity index (χ0) is 15.2. The summed E-state index contributed by atoms with van der Waals surface area (Å²) in [6.45, 7) is 8.18. The lowest BCUT2D eigenvalue weighted by Crippen LogP contribution is -2.57. The van der Waals surface area contributed by atoms with Crippen molar-refractivity contribution in [3.05, 3.63) is 0 Å². The molecule has 1 unspecified atom stereocenters. The molecule has 0 spiro atoms. The van der Waals surface area contributed by atoms with Crippen molar-refractivity contribution in [2.24, 2.45) is 5.41 Å².